The predicted octanol–water partition coefficient (Wildman–Crippen LogP) is 3.86. The Balaban J connectivity index is 1.32. The number of anilines is 1. The van der Waals surface area contributed by atoms with E-state index in [2.05, 4.69) is 44.4 Å². The maximum absolute atomic E-state index is 13.1. The molecule has 0 amide bonds. The van der Waals surface area contributed by atoms with Gasteiger partial charge >= 0.3 is 6.18 Å². The molecular formula is C21H25F3N4. The molecular weight excluding hydrogens is 365 g/mol. The molecule has 4 rings (SSSR count). The Bertz CT molecular complexity index is 782. The molecule has 1 aromatic heterocycles. The van der Waals surface area contributed by atoms with Gasteiger partial charge < -0.3 is 5.32 Å². The summed E-state index contributed by atoms with van der Waals surface area (Å²) in [6.45, 7) is 5.35. The van der Waals surface area contributed by atoms with Gasteiger partial charge in [-0.2, -0.15) is 13.2 Å². The molecule has 28 heavy (non-hydrogen) atoms. The first-order valence-corrected chi connectivity index (χ1v) is 9.74. The number of nitrogens with zero attached hydrogens (tertiary/aromatic N) is 3. The van der Waals surface area contributed by atoms with Crippen molar-refractivity contribution < 1.29 is 13.2 Å². The van der Waals surface area contributed by atoms with E-state index in [9.17, 15) is 13.2 Å². The lowest BCUT2D eigenvalue weighted by molar-refractivity contribution is -0.140. The SMILES string of the molecule is FC(F)(F)c1ncccc1NCC1(N2CCN(Cc3ccccc3)CC2)CC1. The van der Waals surface area contributed by atoms with E-state index in [1.807, 2.05) is 6.07 Å². The molecule has 1 N–H and O–H groups in total. The Hall–Kier alpha value is -2.12. The Morgan fingerprint density at radius 2 is 1.68 bits per heavy atom. The molecule has 1 saturated heterocycles. The van der Waals surface area contributed by atoms with E-state index in [1.165, 1.54) is 17.8 Å². The first kappa shape index (κ1) is 19.2. The molecule has 0 radical (unpaired) electrons. The fourth-order valence-corrected chi connectivity index (χ4v) is 4.00. The van der Waals surface area contributed by atoms with Gasteiger partial charge in [-0.05, 0) is 30.5 Å². The quantitative estimate of drug-likeness (QED) is 0.812. The number of alkyl halides is 3. The molecule has 2 aliphatic rings. The molecule has 0 atom stereocenters. The highest BCUT2D eigenvalue weighted by Gasteiger charge is 2.48. The van der Waals surface area contributed by atoms with Crippen LogP contribution in [0.25, 0.3) is 0 Å². The number of benzene rings is 1. The van der Waals surface area contributed by atoms with Gasteiger partial charge in [0.05, 0.1) is 5.69 Å². The van der Waals surface area contributed by atoms with E-state index in [1.54, 1.807) is 6.07 Å². The van der Waals surface area contributed by atoms with Crippen molar-refractivity contribution in [2.45, 2.75) is 31.1 Å². The van der Waals surface area contributed by atoms with Crippen LogP contribution in [0.2, 0.25) is 0 Å². The standard InChI is InChI=1S/C21H25F3N4/c22-21(23,24)19-18(7-4-10-25-19)26-16-20(8-9-20)28-13-11-27(12-14-28)15-17-5-2-1-3-6-17/h1-7,10,26H,8-9,11-16H2. The third kappa shape index (κ3) is 4.31. The molecule has 1 aromatic carbocycles. The molecule has 1 aliphatic heterocycles. The third-order valence-corrected chi connectivity index (χ3v) is 5.80. The van der Waals surface area contributed by atoms with Gasteiger partial charge in [-0.1, -0.05) is 30.3 Å². The average molecular weight is 390 g/mol. The van der Waals surface area contributed by atoms with E-state index >= 15 is 0 Å². The highest BCUT2D eigenvalue weighted by molar-refractivity contribution is 5.49. The normalized spacial score (nSPS) is 20.1. The largest absolute Gasteiger partial charge is 0.435 e. The number of hydrogen-bond donors (Lipinski definition) is 1. The summed E-state index contributed by atoms with van der Waals surface area (Å²) in [4.78, 5) is 8.42. The van der Waals surface area contributed by atoms with Crippen molar-refractivity contribution in [3.8, 4) is 0 Å². The zero-order valence-electron chi connectivity index (χ0n) is 15.8. The molecule has 2 fully saturated rings. The first-order chi connectivity index (χ1) is 13.5. The van der Waals surface area contributed by atoms with E-state index < -0.39 is 11.9 Å². The van der Waals surface area contributed by atoms with Crippen molar-refractivity contribution in [1.29, 1.82) is 0 Å². The molecule has 0 bridgehead atoms. The number of rotatable bonds is 6. The van der Waals surface area contributed by atoms with Crippen molar-refractivity contribution in [2.75, 3.05) is 38.0 Å². The summed E-state index contributed by atoms with van der Waals surface area (Å²) < 4.78 is 39.4. The second kappa shape index (κ2) is 7.72. The Kier molecular flexibility index (Phi) is 5.29. The predicted molar refractivity (Wildman–Crippen MR) is 103 cm³/mol. The number of pyridine rings is 1. The molecule has 0 unspecified atom stereocenters. The first-order valence-electron chi connectivity index (χ1n) is 9.74. The van der Waals surface area contributed by atoms with E-state index in [-0.39, 0.29) is 11.2 Å². The van der Waals surface area contributed by atoms with Gasteiger partial charge in [0.1, 0.15) is 0 Å². The minimum absolute atomic E-state index is 0.0163. The Morgan fingerprint density at radius 1 is 0.964 bits per heavy atom. The average Bonchev–Trinajstić information content (AvgIpc) is 3.48. The fraction of sp³-hybridized carbons (Fsp3) is 0.476. The second-order valence-electron chi connectivity index (χ2n) is 7.72. The van der Waals surface area contributed by atoms with Crippen LogP contribution in [0.1, 0.15) is 24.1 Å². The van der Waals surface area contributed by atoms with Crippen molar-refractivity contribution in [2.24, 2.45) is 0 Å². The van der Waals surface area contributed by atoms with Crippen LogP contribution >= 0.6 is 0 Å². The summed E-state index contributed by atoms with van der Waals surface area (Å²) in [6, 6.07) is 13.4. The number of piperazine rings is 1. The number of aromatic nitrogens is 1. The smallest absolute Gasteiger partial charge is 0.381 e. The van der Waals surface area contributed by atoms with Crippen LogP contribution in [-0.2, 0) is 12.7 Å². The van der Waals surface area contributed by atoms with Crippen LogP contribution in [0.15, 0.2) is 48.7 Å². The van der Waals surface area contributed by atoms with Crippen molar-refractivity contribution in [3.05, 3.63) is 59.9 Å². The highest BCUT2D eigenvalue weighted by Crippen LogP contribution is 2.43. The molecule has 7 heteroatoms. The topological polar surface area (TPSA) is 31.4 Å². The maximum atomic E-state index is 13.1. The monoisotopic (exact) mass is 390 g/mol. The van der Waals surface area contributed by atoms with Crippen molar-refractivity contribution >= 4 is 5.69 Å². The molecule has 1 aliphatic carbocycles. The van der Waals surface area contributed by atoms with Crippen LogP contribution < -0.4 is 5.32 Å². The zero-order valence-corrected chi connectivity index (χ0v) is 15.8. The molecule has 1 saturated carbocycles. The minimum Gasteiger partial charge on any atom is -0.381 e. The van der Waals surface area contributed by atoms with Gasteiger partial charge in [-0.25, -0.2) is 4.98 Å². The lowest BCUT2D eigenvalue weighted by Gasteiger charge is -2.40. The van der Waals surface area contributed by atoms with Gasteiger partial charge in [0.25, 0.3) is 0 Å². The second-order valence-corrected chi connectivity index (χ2v) is 7.72. The highest BCUT2D eigenvalue weighted by atomic mass is 19.4. The lowest BCUT2D eigenvalue weighted by Crippen LogP contribution is -2.53. The zero-order chi connectivity index (χ0) is 19.6. The van der Waals surface area contributed by atoms with Crippen LogP contribution in [0, 0.1) is 0 Å². The molecule has 0 spiro atoms. The van der Waals surface area contributed by atoms with Gasteiger partial charge in [0, 0.05) is 51.0 Å². The summed E-state index contributed by atoms with van der Waals surface area (Å²) >= 11 is 0. The molecule has 150 valence electrons. The third-order valence-electron chi connectivity index (χ3n) is 5.80. The van der Waals surface area contributed by atoms with Crippen molar-refractivity contribution in [3.63, 3.8) is 0 Å². The minimum atomic E-state index is -4.44. The maximum Gasteiger partial charge on any atom is 0.435 e. The van der Waals surface area contributed by atoms with Crippen LogP contribution in [0.4, 0.5) is 18.9 Å². The molecule has 4 nitrogen and oxygen atoms in total. The van der Waals surface area contributed by atoms with Crippen LogP contribution in [-0.4, -0.2) is 53.0 Å². The van der Waals surface area contributed by atoms with E-state index in [4.69, 9.17) is 0 Å². The number of halogens is 3. The Morgan fingerprint density at radius 3 is 2.32 bits per heavy atom. The van der Waals surface area contributed by atoms with E-state index in [0.717, 1.165) is 45.6 Å². The molecule has 2 heterocycles. The summed E-state index contributed by atoms with van der Waals surface area (Å²) in [5.74, 6) is 0. The lowest BCUT2D eigenvalue weighted by atomic mass is 10.1. The summed E-state index contributed by atoms with van der Waals surface area (Å²) in [6.07, 6.45) is -1.20. The summed E-state index contributed by atoms with van der Waals surface area (Å²) in [5, 5.41) is 3.03. The Labute approximate surface area is 163 Å². The van der Waals surface area contributed by atoms with Gasteiger partial charge in [0.2, 0.25) is 0 Å². The van der Waals surface area contributed by atoms with Gasteiger partial charge in [0.15, 0.2) is 5.69 Å². The van der Waals surface area contributed by atoms with Crippen LogP contribution in [0.5, 0.6) is 0 Å². The summed E-state index contributed by atoms with van der Waals surface area (Å²) in [7, 11) is 0. The number of nitrogens with one attached hydrogen (secondary N) is 1. The van der Waals surface area contributed by atoms with Crippen molar-refractivity contribution in [1.82, 2.24) is 14.8 Å². The van der Waals surface area contributed by atoms with Gasteiger partial charge in [-0.3, -0.25) is 9.80 Å². The van der Waals surface area contributed by atoms with E-state index in [0.29, 0.717) is 6.54 Å². The van der Waals surface area contributed by atoms with Gasteiger partial charge in [-0.15, -0.1) is 0 Å². The number of hydrogen-bond acceptors (Lipinski definition) is 4. The summed E-state index contributed by atoms with van der Waals surface area (Å²) in [5.41, 5.74) is 0.537. The molecule has 2 aromatic rings. The fourth-order valence-electron chi connectivity index (χ4n) is 4.00. The van der Waals surface area contributed by atoms with Crippen LogP contribution in [0.3, 0.4) is 0 Å².